The van der Waals surface area contributed by atoms with Gasteiger partial charge in [0.1, 0.15) is 12.4 Å². The van der Waals surface area contributed by atoms with Crippen LogP contribution in [0.4, 0.5) is 0 Å². The molecule has 0 saturated carbocycles. The van der Waals surface area contributed by atoms with E-state index in [1.807, 2.05) is 48.5 Å². The van der Waals surface area contributed by atoms with Gasteiger partial charge in [-0.1, -0.05) is 24.3 Å². The van der Waals surface area contributed by atoms with Crippen LogP contribution in [0, 0.1) is 0 Å². The summed E-state index contributed by atoms with van der Waals surface area (Å²) in [6, 6.07) is 17.6. The predicted molar refractivity (Wildman–Crippen MR) is 107 cm³/mol. The highest BCUT2D eigenvalue weighted by Crippen LogP contribution is 2.17. The van der Waals surface area contributed by atoms with E-state index < -0.39 is 0 Å². The number of hydrogen-bond donors (Lipinski definition) is 1. The fraction of sp³-hybridized carbons (Fsp3) is 0.200. The lowest BCUT2D eigenvalue weighted by atomic mass is 10.2. The monoisotopic (exact) mass is 384 g/mol. The molecule has 3 aromatic rings. The van der Waals surface area contributed by atoms with E-state index in [1.54, 1.807) is 29.3 Å². The van der Waals surface area contributed by atoms with E-state index in [-0.39, 0.29) is 5.91 Å². The maximum absolute atomic E-state index is 12.0. The number of thioether (sulfide) groups is 1. The second kappa shape index (κ2) is 9.99. The van der Waals surface area contributed by atoms with Crippen molar-refractivity contribution >= 4 is 29.0 Å². The third-order valence-electron chi connectivity index (χ3n) is 3.56. The average Bonchev–Trinajstić information content (AvgIpc) is 3.19. The molecule has 1 N–H and O–H groups in total. The lowest BCUT2D eigenvalue weighted by molar-refractivity contribution is -0.118. The summed E-state index contributed by atoms with van der Waals surface area (Å²) in [7, 11) is 0. The number of aromatic nitrogens is 1. The normalized spacial score (nSPS) is 10.5. The third-order valence-corrected chi connectivity index (χ3v) is 5.60. The van der Waals surface area contributed by atoms with Gasteiger partial charge in [0.2, 0.25) is 5.91 Å². The molecule has 0 unspecified atom stereocenters. The first-order valence-electron chi connectivity index (χ1n) is 8.28. The Morgan fingerprint density at radius 2 is 2.12 bits per heavy atom. The molecule has 0 aliphatic rings. The molecule has 3 rings (SSSR count). The Morgan fingerprint density at radius 1 is 1.15 bits per heavy atom. The largest absolute Gasteiger partial charge is 0.487 e. The molecular weight excluding hydrogens is 364 g/mol. The minimum atomic E-state index is 0.0476. The van der Waals surface area contributed by atoms with E-state index in [2.05, 4.69) is 21.7 Å². The number of carbonyl (C=O) groups excluding carboxylic acids is 1. The summed E-state index contributed by atoms with van der Waals surface area (Å²) in [5, 5.41) is 5.01. The number of hydrogen-bond acceptors (Lipinski definition) is 5. The molecule has 0 bridgehead atoms. The van der Waals surface area contributed by atoms with Crippen molar-refractivity contribution in [3.8, 4) is 5.75 Å². The zero-order valence-electron chi connectivity index (χ0n) is 14.3. The van der Waals surface area contributed by atoms with E-state index in [0.29, 0.717) is 18.9 Å². The van der Waals surface area contributed by atoms with Crippen LogP contribution in [0.3, 0.4) is 0 Å². The Morgan fingerprint density at radius 3 is 2.92 bits per heavy atom. The smallest absolute Gasteiger partial charge is 0.230 e. The van der Waals surface area contributed by atoms with Gasteiger partial charge in [0, 0.05) is 23.4 Å². The first-order valence-corrected chi connectivity index (χ1v) is 10.3. The van der Waals surface area contributed by atoms with Crippen LogP contribution in [0.5, 0.6) is 5.75 Å². The third kappa shape index (κ3) is 6.20. The van der Waals surface area contributed by atoms with Gasteiger partial charge in [-0.3, -0.25) is 9.78 Å². The molecule has 6 heteroatoms. The second-order valence-corrected chi connectivity index (χ2v) is 7.62. The van der Waals surface area contributed by atoms with Crippen molar-refractivity contribution in [2.45, 2.75) is 18.9 Å². The van der Waals surface area contributed by atoms with Crippen LogP contribution in [0.2, 0.25) is 0 Å². The summed E-state index contributed by atoms with van der Waals surface area (Å²) in [6.07, 6.45) is 1.75. The Balaban J connectivity index is 1.40. The van der Waals surface area contributed by atoms with E-state index in [0.717, 1.165) is 22.8 Å². The summed E-state index contributed by atoms with van der Waals surface area (Å²) in [6.45, 7) is 0.926. The Bertz CT molecular complexity index is 808. The molecule has 26 heavy (non-hydrogen) atoms. The number of rotatable bonds is 9. The van der Waals surface area contributed by atoms with Crippen LogP contribution >= 0.6 is 23.1 Å². The van der Waals surface area contributed by atoms with Crippen LogP contribution in [-0.4, -0.2) is 16.6 Å². The Kier molecular flexibility index (Phi) is 7.10. The maximum atomic E-state index is 12.0. The number of amides is 1. The number of pyridine rings is 1. The molecule has 134 valence electrons. The van der Waals surface area contributed by atoms with E-state index in [1.165, 1.54) is 4.88 Å². The summed E-state index contributed by atoms with van der Waals surface area (Å²) < 4.78 is 5.77. The summed E-state index contributed by atoms with van der Waals surface area (Å²) in [5.41, 5.74) is 1.90. The van der Waals surface area contributed by atoms with Gasteiger partial charge in [0.25, 0.3) is 0 Å². The average molecular weight is 385 g/mol. The first-order chi connectivity index (χ1) is 12.8. The summed E-state index contributed by atoms with van der Waals surface area (Å²) in [4.78, 5) is 17.5. The van der Waals surface area contributed by atoms with Crippen molar-refractivity contribution in [1.82, 2.24) is 10.3 Å². The molecule has 1 amide bonds. The quantitative estimate of drug-likeness (QED) is 0.598. The van der Waals surface area contributed by atoms with Crippen molar-refractivity contribution in [2.24, 2.45) is 0 Å². The lowest BCUT2D eigenvalue weighted by Gasteiger charge is -2.09. The van der Waals surface area contributed by atoms with Gasteiger partial charge in [-0.05, 0) is 41.3 Å². The van der Waals surface area contributed by atoms with Crippen molar-refractivity contribution in [1.29, 1.82) is 0 Å². The lowest BCUT2D eigenvalue weighted by Crippen LogP contribution is -2.24. The fourth-order valence-corrected chi connectivity index (χ4v) is 3.97. The molecular formula is C20H20N2O2S2. The second-order valence-electron chi connectivity index (χ2n) is 5.61. The molecule has 0 radical (unpaired) electrons. The maximum Gasteiger partial charge on any atom is 0.230 e. The predicted octanol–water partition coefficient (Wildman–Crippen LogP) is 4.27. The minimum absolute atomic E-state index is 0.0476. The van der Waals surface area contributed by atoms with Crippen molar-refractivity contribution in [3.63, 3.8) is 0 Å². The van der Waals surface area contributed by atoms with Crippen LogP contribution in [-0.2, 0) is 23.7 Å². The SMILES string of the molecule is O=C(CSCc1cccs1)NCc1cccc(OCc2ccccn2)c1. The zero-order valence-corrected chi connectivity index (χ0v) is 15.9. The number of nitrogens with zero attached hydrogens (tertiary/aromatic N) is 1. The van der Waals surface area contributed by atoms with Gasteiger partial charge >= 0.3 is 0 Å². The van der Waals surface area contributed by atoms with Gasteiger partial charge in [-0.25, -0.2) is 0 Å². The van der Waals surface area contributed by atoms with Crippen molar-refractivity contribution in [2.75, 3.05) is 5.75 Å². The number of carbonyl (C=O) groups is 1. The van der Waals surface area contributed by atoms with E-state index in [4.69, 9.17) is 4.74 Å². The highest BCUT2D eigenvalue weighted by atomic mass is 32.2. The van der Waals surface area contributed by atoms with Crippen LogP contribution in [0.1, 0.15) is 16.1 Å². The van der Waals surface area contributed by atoms with Gasteiger partial charge in [0.15, 0.2) is 0 Å². The molecule has 0 aliphatic heterocycles. The van der Waals surface area contributed by atoms with E-state index >= 15 is 0 Å². The van der Waals surface area contributed by atoms with Gasteiger partial charge in [0.05, 0.1) is 11.4 Å². The highest BCUT2D eigenvalue weighted by Gasteiger charge is 2.04. The zero-order chi connectivity index (χ0) is 18.0. The highest BCUT2D eigenvalue weighted by molar-refractivity contribution is 7.99. The Labute approximate surface area is 161 Å². The number of nitrogens with one attached hydrogen (secondary N) is 1. The molecule has 0 atom stereocenters. The van der Waals surface area contributed by atoms with Crippen LogP contribution in [0.25, 0.3) is 0 Å². The minimum Gasteiger partial charge on any atom is -0.487 e. The molecule has 2 heterocycles. The van der Waals surface area contributed by atoms with Crippen LogP contribution in [0.15, 0.2) is 66.2 Å². The Hall–Kier alpha value is -2.31. The van der Waals surface area contributed by atoms with E-state index in [9.17, 15) is 4.79 Å². The number of ether oxygens (including phenoxy) is 1. The molecule has 0 saturated heterocycles. The topological polar surface area (TPSA) is 51.2 Å². The summed E-state index contributed by atoms with van der Waals surface area (Å²) >= 11 is 3.35. The van der Waals surface area contributed by atoms with Crippen LogP contribution < -0.4 is 10.1 Å². The first kappa shape index (κ1) is 18.5. The molecule has 0 aliphatic carbocycles. The molecule has 0 spiro atoms. The molecule has 4 nitrogen and oxygen atoms in total. The molecule has 0 fully saturated rings. The van der Waals surface area contributed by atoms with Crippen molar-refractivity contribution < 1.29 is 9.53 Å². The fourth-order valence-electron chi connectivity index (χ4n) is 2.28. The van der Waals surface area contributed by atoms with Gasteiger partial charge in [-0.15, -0.1) is 23.1 Å². The molecule has 2 aromatic heterocycles. The standard InChI is InChI=1S/C20H20N2O2S2/c23-20(15-25-14-19-8-4-10-26-19)22-12-16-5-3-7-18(11-16)24-13-17-6-1-2-9-21-17/h1-11H,12-15H2,(H,22,23). The number of benzene rings is 1. The van der Waals surface area contributed by atoms with Gasteiger partial charge in [-0.2, -0.15) is 0 Å². The molecule has 1 aromatic carbocycles. The number of thiophene rings is 1. The summed E-state index contributed by atoms with van der Waals surface area (Å²) in [5.74, 6) is 2.16. The van der Waals surface area contributed by atoms with Crippen molar-refractivity contribution in [3.05, 3.63) is 82.3 Å². The van der Waals surface area contributed by atoms with Gasteiger partial charge < -0.3 is 10.1 Å².